The van der Waals surface area contributed by atoms with Gasteiger partial charge in [-0.15, -0.1) is 0 Å². The Morgan fingerprint density at radius 1 is 1.42 bits per heavy atom. The molecule has 112 valence electrons. The first-order valence-electron chi connectivity index (χ1n) is 7.77. The lowest BCUT2D eigenvalue weighted by Crippen LogP contribution is -2.47. The van der Waals surface area contributed by atoms with Crippen molar-refractivity contribution in [2.45, 2.75) is 65.0 Å². The Labute approximate surface area is 117 Å². The largest absolute Gasteiger partial charge is 0.395 e. The van der Waals surface area contributed by atoms with Crippen molar-refractivity contribution in [2.75, 3.05) is 19.7 Å². The van der Waals surface area contributed by atoms with E-state index in [0.717, 1.165) is 19.4 Å². The zero-order chi connectivity index (χ0) is 14.3. The summed E-state index contributed by atoms with van der Waals surface area (Å²) in [7, 11) is 0. The van der Waals surface area contributed by atoms with Crippen molar-refractivity contribution < 1.29 is 9.90 Å². The number of piperidine rings is 1. The van der Waals surface area contributed by atoms with Crippen molar-refractivity contribution in [3.05, 3.63) is 0 Å². The summed E-state index contributed by atoms with van der Waals surface area (Å²) in [5, 5.41) is 12.6. The van der Waals surface area contributed by atoms with E-state index in [1.165, 1.54) is 12.8 Å². The van der Waals surface area contributed by atoms with Gasteiger partial charge in [0.25, 0.3) is 0 Å². The smallest absolute Gasteiger partial charge is 0.224 e. The normalized spacial score (nSPS) is 23.6. The summed E-state index contributed by atoms with van der Waals surface area (Å²) in [5.74, 6) is 0.754. The molecule has 0 spiro atoms. The number of aliphatic hydroxyl groups is 1. The number of amides is 1. The molecule has 0 aromatic carbocycles. The van der Waals surface area contributed by atoms with Crippen LogP contribution in [0.15, 0.2) is 0 Å². The number of hydrogen-bond donors (Lipinski definition) is 2. The molecule has 0 aromatic heterocycles. The number of nitrogens with one attached hydrogen (secondary N) is 1. The quantitative estimate of drug-likeness (QED) is 0.741. The second-order valence-electron chi connectivity index (χ2n) is 5.67. The SMILES string of the molecule is CCC(CC)N(CCO)C(=O)CC1NCCCC1C. The Kier molecular flexibility index (Phi) is 7.39. The summed E-state index contributed by atoms with van der Waals surface area (Å²) in [6.45, 7) is 7.97. The van der Waals surface area contributed by atoms with E-state index in [4.69, 9.17) is 0 Å². The number of rotatable bonds is 7. The number of nitrogens with zero attached hydrogens (tertiary/aromatic N) is 1. The van der Waals surface area contributed by atoms with Crippen LogP contribution in [0.4, 0.5) is 0 Å². The fourth-order valence-corrected chi connectivity index (χ4v) is 3.04. The average molecular weight is 270 g/mol. The highest BCUT2D eigenvalue weighted by Gasteiger charge is 2.27. The fraction of sp³-hybridized carbons (Fsp3) is 0.933. The van der Waals surface area contributed by atoms with Gasteiger partial charge in [0.2, 0.25) is 5.91 Å². The molecule has 0 radical (unpaired) electrons. The third kappa shape index (κ3) is 4.77. The summed E-state index contributed by atoms with van der Waals surface area (Å²) in [6, 6.07) is 0.565. The topological polar surface area (TPSA) is 52.6 Å². The van der Waals surface area contributed by atoms with E-state index in [1.54, 1.807) is 0 Å². The van der Waals surface area contributed by atoms with Crippen LogP contribution in [0.3, 0.4) is 0 Å². The molecule has 0 bridgehead atoms. The highest BCUT2D eigenvalue weighted by molar-refractivity contribution is 5.77. The van der Waals surface area contributed by atoms with Crippen molar-refractivity contribution in [1.82, 2.24) is 10.2 Å². The molecular formula is C15H30N2O2. The number of carbonyl (C=O) groups excluding carboxylic acids is 1. The van der Waals surface area contributed by atoms with Crippen LogP contribution in [0.5, 0.6) is 0 Å². The van der Waals surface area contributed by atoms with Crippen LogP contribution < -0.4 is 5.32 Å². The Hall–Kier alpha value is -0.610. The summed E-state index contributed by atoms with van der Waals surface area (Å²) >= 11 is 0. The van der Waals surface area contributed by atoms with Gasteiger partial charge >= 0.3 is 0 Å². The highest BCUT2D eigenvalue weighted by Crippen LogP contribution is 2.20. The van der Waals surface area contributed by atoms with Crippen molar-refractivity contribution in [3.63, 3.8) is 0 Å². The van der Waals surface area contributed by atoms with Gasteiger partial charge < -0.3 is 15.3 Å². The van der Waals surface area contributed by atoms with E-state index in [0.29, 0.717) is 24.9 Å². The zero-order valence-electron chi connectivity index (χ0n) is 12.7. The molecule has 1 aliphatic heterocycles. The molecule has 1 rings (SSSR count). The van der Waals surface area contributed by atoms with Crippen LogP contribution in [0.25, 0.3) is 0 Å². The predicted molar refractivity (Wildman–Crippen MR) is 78.0 cm³/mol. The van der Waals surface area contributed by atoms with Gasteiger partial charge in [-0.1, -0.05) is 20.8 Å². The van der Waals surface area contributed by atoms with Crippen molar-refractivity contribution in [1.29, 1.82) is 0 Å². The fourth-order valence-electron chi connectivity index (χ4n) is 3.04. The molecule has 1 heterocycles. The van der Waals surface area contributed by atoms with Crippen LogP contribution in [0.1, 0.15) is 52.9 Å². The molecule has 19 heavy (non-hydrogen) atoms. The molecule has 1 amide bonds. The maximum Gasteiger partial charge on any atom is 0.224 e. The lowest BCUT2D eigenvalue weighted by atomic mass is 9.90. The molecule has 2 N–H and O–H groups in total. The maximum atomic E-state index is 12.5. The summed E-state index contributed by atoms with van der Waals surface area (Å²) < 4.78 is 0. The molecule has 4 heteroatoms. The monoisotopic (exact) mass is 270 g/mol. The van der Waals surface area contributed by atoms with Crippen molar-refractivity contribution in [2.24, 2.45) is 5.92 Å². The summed E-state index contributed by atoms with van der Waals surface area (Å²) in [5.41, 5.74) is 0. The van der Waals surface area contributed by atoms with Crippen LogP contribution in [0, 0.1) is 5.92 Å². The Bertz CT molecular complexity index is 267. The van der Waals surface area contributed by atoms with E-state index in [-0.39, 0.29) is 18.6 Å². The molecule has 0 aromatic rings. The standard InChI is InChI=1S/C15H30N2O2/c1-4-13(5-2)17(9-10-18)15(19)11-14-12(3)7-6-8-16-14/h12-14,16,18H,4-11H2,1-3H3. The second kappa shape index (κ2) is 8.54. The van der Waals surface area contributed by atoms with E-state index in [1.807, 2.05) is 4.90 Å². The molecule has 1 saturated heterocycles. The Balaban J connectivity index is 2.60. The maximum absolute atomic E-state index is 12.5. The molecule has 0 aliphatic carbocycles. The van der Waals surface area contributed by atoms with Crippen LogP contribution in [-0.2, 0) is 4.79 Å². The molecule has 0 saturated carbocycles. The van der Waals surface area contributed by atoms with Gasteiger partial charge in [-0.25, -0.2) is 0 Å². The minimum Gasteiger partial charge on any atom is -0.395 e. The molecule has 4 nitrogen and oxygen atoms in total. The third-order valence-electron chi connectivity index (χ3n) is 4.37. The number of carbonyl (C=O) groups is 1. The molecule has 1 fully saturated rings. The van der Waals surface area contributed by atoms with E-state index < -0.39 is 0 Å². The highest BCUT2D eigenvalue weighted by atomic mass is 16.3. The zero-order valence-corrected chi connectivity index (χ0v) is 12.7. The van der Waals surface area contributed by atoms with E-state index in [9.17, 15) is 9.90 Å². The molecule has 2 atom stereocenters. The average Bonchev–Trinajstić information content (AvgIpc) is 2.41. The number of hydrogen-bond acceptors (Lipinski definition) is 3. The van der Waals surface area contributed by atoms with Gasteiger partial charge in [-0.2, -0.15) is 0 Å². The molecule has 1 aliphatic rings. The first-order valence-corrected chi connectivity index (χ1v) is 7.77. The first kappa shape index (κ1) is 16.4. The second-order valence-corrected chi connectivity index (χ2v) is 5.67. The van der Waals surface area contributed by atoms with Crippen LogP contribution in [-0.4, -0.2) is 47.7 Å². The van der Waals surface area contributed by atoms with Crippen molar-refractivity contribution >= 4 is 5.91 Å². The van der Waals surface area contributed by atoms with E-state index in [2.05, 4.69) is 26.1 Å². The summed E-state index contributed by atoms with van der Waals surface area (Å²) in [6.07, 6.45) is 4.89. The van der Waals surface area contributed by atoms with Crippen LogP contribution >= 0.6 is 0 Å². The van der Waals surface area contributed by atoms with Gasteiger partial charge in [0.15, 0.2) is 0 Å². The van der Waals surface area contributed by atoms with Gasteiger partial charge in [-0.05, 0) is 38.1 Å². The van der Waals surface area contributed by atoms with Crippen LogP contribution in [0.2, 0.25) is 0 Å². The predicted octanol–water partition coefficient (Wildman–Crippen LogP) is 1.77. The first-order chi connectivity index (χ1) is 9.13. The Morgan fingerprint density at radius 2 is 2.11 bits per heavy atom. The van der Waals surface area contributed by atoms with Gasteiger partial charge in [0, 0.05) is 25.0 Å². The van der Waals surface area contributed by atoms with Crippen molar-refractivity contribution in [3.8, 4) is 0 Å². The van der Waals surface area contributed by atoms with Gasteiger partial charge in [0.05, 0.1) is 6.61 Å². The lowest BCUT2D eigenvalue weighted by molar-refractivity contribution is -0.135. The molecular weight excluding hydrogens is 240 g/mol. The minimum atomic E-state index is 0.0515. The lowest BCUT2D eigenvalue weighted by Gasteiger charge is -2.34. The Morgan fingerprint density at radius 3 is 2.63 bits per heavy atom. The number of aliphatic hydroxyl groups excluding tert-OH is 1. The van der Waals surface area contributed by atoms with E-state index >= 15 is 0 Å². The van der Waals surface area contributed by atoms with Gasteiger partial charge in [0.1, 0.15) is 0 Å². The van der Waals surface area contributed by atoms with Gasteiger partial charge in [-0.3, -0.25) is 4.79 Å². The summed E-state index contributed by atoms with van der Waals surface area (Å²) in [4.78, 5) is 14.4. The minimum absolute atomic E-state index is 0.0515. The molecule has 2 unspecified atom stereocenters. The third-order valence-corrected chi connectivity index (χ3v) is 4.37.